The Morgan fingerprint density at radius 3 is 1.97 bits per heavy atom. The molecule has 0 spiro atoms. The Balaban J connectivity index is 2.13. The van der Waals surface area contributed by atoms with Crippen LogP contribution in [0, 0.1) is 3.57 Å². The molecule has 0 atom stereocenters. The molecule has 1 aromatic heterocycles. The summed E-state index contributed by atoms with van der Waals surface area (Å²) in [5, 5.41) is 2.59. The summed E-state index contributed by atoms with van der Waals surface area (Å²) >= 11 is 9.91. The van der Waals surface area contributed by atoms with Gasteiger partial charge in [-0.25, -0.2) is 0 Å². The lowest BCUT2D eigenvalue weighted by Gasteiger charge is -2.21. The number of aromatic nitrogens is 1. The van der Waals surface area contributed by atoms with Crippen LogP contribution >= 0.6 is 54.5 Å². The van der Waals surface area contributed by atoms with Crippen LogP contribution < -0.4 is 0 Å². The summed E-state index contributed by atoms with van der Waals surface area (Å²) in [4.78, 5) is 3.73. The standard InChI is InChI=1S/C26H26Br2IN/c1-25(2,3)14-7-8-23-17(9-14)19-11-15(26(4,5)6)10-18(24(19)30-23)16-12-21(28)22(29)13-20(16)27/h7-13,30H,1-6H3. The van der Waals surface area contributed by atoms with Crippen LogP contribution in [-0.4, -0.2) is 4.98 Å². The molecule has 3 aromatic carbocycles. The normalized spacial score (nSPS) is 12.8. The van der Waals surface area contributed by atoms with Crippen LogP contribution in [-0.2, 0) is 10.8 Å². The lowest BCUT2D eigenvalue weighted by Crippen LogP contribution is -2.11. The van der Waals surface area contributed by atoms with Crippen molar-refractivity contribution in [1.29, 1.82) is 0 Å². The van der Waals surface area contributed by atoms with Crippen molar-refractivity contribution < 1.29 is 0 Å². The van der Waals surface area contributed by atoms with Gasteiger partial charge in [0.25, 0.3) is 0 Å². The first-order valence-corrected chi connectivity index (χ1v) is 12.8. The molecule has 0 amide bonds. The molecule has 4 aromatic rings. The molecule has 0 aliphatic rings. The zero-order valence-corrected chi connectivity index (χ0v) is 23.5. The van der Waals surface area contributed by atoms with Gasteiger partial charge in [0.1, 0.15) is 0 Å². The predicted molar refractivity (Wildman–Crippen MR) is 147 cm³/mol. The minimum Gasteiger partial charge on any atom is -0.354 e. The highest BCUT2D eigenvalue weighted by molar-refractivity contribution is 14.1. The molecule has 1 N–H and O–H groups in total. The van der Waals surface area contributed by atoms with Crippen LogP contribution in [0.2, 0.25) is 0 Å². The summed E-state index contributed by atoms with van der Waals surface area (Å²) in [6.07, 6.45) is 0. The Kier molecular flexibility index (Phi) is 5.68. The summed E-state index contributed by atoms with van der Waals surface area (Å²) in [6, 6.07) is 16.0. The number of benzene rings is 3. The first-order chi connectivity index (χ1) is 13.9. The van der Waals surface area contributed by atoms with Gasteiger partial charge in [-0.05, 0) is 102 Å². The average Bonchev–Trinajstić information content (AvgIpc) is 3.00. The SMILES string of the molecule is CC(C)(C)c1ccc2[nH]c3c(-c4cc(Br)c(I)cc4Br)cc(C(C)(C)C)cc3c2c1. The molecule has 4 heteroatoms. The van der Waals surface area contributed by atoms with E-state index in [4.69, 9.17) is 0 Å². The topological polar surface area (TPSA) is 15.8 Å². The minimum absolute atomic E-state index is 0.0566. The van der Waals surface area contributed by atoms with E-state index in [9.17, 15) is 0 Å². The van der Waals surface area contributed by atoms with Crippen molar-refractivity contribution in [2.45, 2.75) is 52.4 Å². The van der Waals surface area contributed by atoms with Crippen LogP contribution in [0.3, 0.4) is 0 Å². The molecule has 156 valence electrons. The van der Waals surface area contributed by atoms with Gasteiger partial charge in [0, 0.05) is 34.4 Å². The van der Waals surface area contributed by atoms with Gasteiger partial charge in [-0.3, -0.25) is 0 Å². The number of fused-ring (bicyclic) bond motifs is 3. The molecular weight excluding hydrogens is 613 g/mol. The summed E-state index contributed by atoms with van der Waals surface area (Å²) in [5.41, 5.74) is 7.68. The van der Waals surface area contributed by atoms with Crippen molar-refractivity contribution >= 4 is 76.3 Å². The molecule has 0 aliphatic carbocycles. The number of hydrogen-bond donors (Lipinski definition) is 1. The van der Waals surface area contributed by atoms with Gasteiger partial charge < -0.3 is 4.98 Å². The van der Waals surface area contributed by atoms with E-state index in [0.717, 1.165) is 8.95 Å². The molecule has 0 saturated heterocycles. The van der Waals surface area contributed by atoms with E-state index in [-0.39, 0.29) is 10.8 Å². The van der Waals surface area contributed by atoms with Crippen LogP contribution in [0.4, 0.5) is 0 Å². The fourth-order valence-corrected chi connectivity index (χ4v) is 5.64. The summed E-state index contributed by atoms with van der Waals surface area (Å²) in [5.74, 6) is 0. The van der Waals surface area contributed by atoms with Crippen LogP contribution in [0.1, 0.15) is 52.7 Å². The van der Waals surface area contributed by atoms with Gasteiger partial charge in [0.05, 0.1) is 5.52 Å². The largest absolute Gasteiger partial charge is 0.354 e. The van der Waals surface area contributed by atoms with Crippen molar-refractivity contribution in [2.24, 2.45) is 0 Å². The molecule has 1 heterocycles. The summed E-state index contributed by atoms with van der Waals surface area (Å²) < 4.78 is 3.41. The second-order valence-electron chi connectivity index (χ2n) is 10.1. The van der Waals surface area contributed by atoms with Crippen molar-refractivity contribution in [1.82, 2.24) is 4.98 Å². The van der Waals surface area contributed by atoms with Crippen LogP contribution in [0.5, 0.6) is 0 Å². The molecule has 0 fully saturated rings. The van der Waals surface area contributed by atoms with E-state index in [1.165, 1.54) is 47.6 Å². The van der Waals surface area contributed by atoms with Crippen LogP contribution in [0.25, 0.3) is 32.9 Å². The van der Waals surface area contributed by atoms with E-state index >= 15 is 0 Å². The van der Waals surface area contributed by atoms with Gasteiger partial charge in [-0.15, -0.1) is 0 Å². The second-order valence-corrected chi connectivity index (χ2v) is 12.9. The zero-order chi connectivity index (χ0) is 22.0. The average molecular weight is 639 g/mol. The van der Waals surface area contributed by atoms with E-state index in [1.54, 1.807) is 0 Å². The highest BCUT2D eigenvalue weighted by atomic mass is 127. The smallest absolute Gasteiger partial charge is 0.0545 e. The maximum Gasteiger partial charge on any atom is 0.0545 e. The maximum atomic E-state index is 3.82. The van der Waals surface area contributed by atoms with Crippen molar-refractivity contribution in [3.05, 3.63) is 66.1 Å². The van der Waals surface area contributed by atoms with Crippen LogP contribution in [0.15, 0.2) is 51.4 Å². The van der Waals surface area contributed by atoms with E-state index in [0.29, 0.717) is 0 Å². The Hall–Kier alpha value is -0.850. The number of nitrogens with one attached hydrogen (secondary N) is 1. The van der Waals surface area contributed by atoms with Gasteiger partial charge in [-0.2, -0.15) is 0 Å². The second kappa shape index (κ2) is 7.63. The Morgan fingerprint density at radius 1 is 0.700 bits per heavy atom. The van der Waals surface area contributed by atoms with Crippen molar-refractivity contribution in [3.63, 3.8) is 0 Å². The highest BCUT2D eigenvalue weighted by Gasteiger charge is 2.22. The zero-order valence-electron chi connectivity index (χ0n) is 18.2. The Labute approximate surface area is 209 Å². The number of H-pyrrole nitrogens is 1. The number of halogens is 3. The Morgan fingerprint density at radius 2 is 1.33 bits per heavy atom. The molecule has 0 saturated carbocycles. The molecular formula is C26H26Br2IN. The molecule has 4 rings (SSSR count). The number of rotatable bonds is 1. The van der Waals surface area contributed by atoms with E-state index in [1.807, 2.05) is 0 Å². The lowest BCUT2D eigenvalue weighted by molar-refractivity contribution is 0.590. The summed E-state index contributed by atoms with van der Waals surface area (Å²) in [6.45, 7) is 13.7. The first kappa shape index (κ1) is 22.3. The lowest BCUT2D eigenvalue weighted by atomic mass is 9.83. The molecule has 0 radical (unpaired) electrons. The molecule has 30 heavy (non-hydrogen) atoms. The van der Waals surface area contributed by atoms with E-state index in [2.05, 4.69) is 143 Å². The minimum atomic E-state index is 0.0566. The number of aromatic amines is 1. The third-order valence-electron chi connectivity index (χ3n) is 5.74. The number of hydrogen-bond acceptors (Lipinski definition) is 0. The third-order valence-corrected chi connectivity index (χ3v) is 8.69. The molecule has 0 bridgehead atoms. The highest BCUT2D eigenvalue weighted by Crippen LogP contribution is 2.42. The first-order valence-electron chi connectivity index (χ1n) is 10.1. The molecule has 0 unspecified atom stereocenters. The molecule has 1 nitrogen and oxygen atoms in total. The van der Waals surface area contributed by atoms with E-state index < -0.39 is 0 Å². The fourth-order valence-electron chi connectivity index (χ4n) is 3.84. The molecule has 0 aliphatic heterocycles. The van der Waals surface area contributed by atoms with Gasteiger partial charge in [-0.1, -0.05) is 63.5 Å². The summed E-state index contributed by atoms with van der Waals surface area (Å²) in [7, 11) is 0. The van der Waals surface area contributed by atoms with Gasteiger partial charge in [0.2, 0.25) is 0 Å². The monoisotopic (exact) mass is 637 g/mol. The quantitative estimate of drug-likeness (QED) is 0.158. The van der Waals surface area contributed by atoms with Gasteiger partial charge in [0.15, 0.2) is 0 Å². The fraction of sp³-hybridized carbons (Fsp3) is 0.308. The van der Waals surface area contributed by atoms with Crippen molar-refractivity contribution in [2.75, 3.05) is 0 Å². The maximum absolute atomic E-state index is 3.82. The predicted octanol–water partition coefficient (Wildman–Crippen LogP) is 9.71. The Bertz CT molecular complexity index is 1290. The van der Waals surface area contributed by atoms with Gasteiger partial charge >= 0.3 is 0 Å². The van der Waals surface area contributed by atoms with Crippen molar-refractivity contribution in [3.8, 4) is 11.1 Å². The third kappa shape index (κ3) is 4.00.